The van der Waals surface area contributed by atoms with Crippen molar-refractivity contribution in [2.75, 3.05) is 5.75 Å². The van der Waals surface area contributed by atoms with Crippen LogP contribution in [0, 0.1) is 0 Å². The Balaban J connectivity index is 2.85. The van der Waals surface area contributed by atoms with E-state index in [-0.39, 0.29) is 11.3 Å². The molecule has 1 aliphatic rings. The maximum Gasteiger partial charge on any atom is 0.155 e. The largest absolute Gasteiger partial charge is 0.271 e. The molecule has 0 radical (unpaired) electrons. The fourth-order valence-electron chi connectivity index (χ4n) is 1.84. The van der Waals surface area contributed by atoms with Crippen LogP contribution in [0.5, 0.6) is 0 Å². The van der Waals surface area contributed by atoms with Crippen LogP contribution in [-0.4, -0.2) is 25.5 Å². The van der Waals surface area contributed by atoms with Crippen molar-refractivity contribution in [1.29, 1.82) is 0 Å². The monoisotopic (exact) mass is 218 g/mol. The van der Waals surface area contributed by atoms with Crippen LogP contribution in [-0.2, 0) is 9.84 Å². The molecule has 5 heteroatoms. The molecule has 0 aliphatic carbocycles. The first-order valence-electron chi connectivity index (χ1n) is 4.80. The fourth-order valence-corrected chi connectivity index (χ4v) is 3.84. The molecule has 0 aromatic heterocycles. The first kappa shape index (κ1) is 11.7. The van der Waals surface area contributed by atoms with Crippen molar-refractivity contribution < 1.29 is 8.42 Å². The van der Waals surface area contributed by atoms with Crippen LogP contribution >= 0.6 is 0 Å². The van der Waals surface area contributed by atoms with E-state index in [1.807, 2.05) is 19.9 Å². The number of nitrogens with one attached hydrogen (secondary N) is 1. The van der Waals surface area contributed by atoms with Gasteiger partial charge in [0.2, 0.25) is 0 Å². The minimum Gasteiger partial charge on any atom is -0.271 e. The standard InChI is InChI=1S/C9H18N2O2S/c1-7(2)6-8(11-10)9-4-3-5-14(9,12)13/h6,8-9,11H,3-5,10H2,1-2H3. The van der Waals surface area contributed by atoms with Crippen LogP contribution in [0.2, 0.25) is 0 Å². The summed E-state index contributed by atoms with van der Waals surface area (Å²) in [5.74, 6) is 5.66. The normalized spacial score (nSPS) is 27.2. The highest BCUT2D eigenvalue weighted by Gasteiger charge is 2.36. The second-order valence-corrected chi connectivity index (χ2v) is 6.32. The predicted molar refractivity (Wildman–Crippen MR) is 57.4 cm³/mol. The topological polar surface area (TPSA) is 72.2 Å². The van der Waals surface area contributed by atoms with Gasteiger partial charge >= 0.3 is 0 Å². The lowest BCUT2D eigenvalue weighted by Crippen LogP contribution is -2.44. The Kier molecular flexibility index (Phi) is 3.69. The molecule has 3 N–H and O–H groups in total. The Hall–Kier alpha value is -0.390. The van der Waals surface area contributed by atoms with E-state index < -0.39 is 9.84 Å². The van der Waals surface area contributed by atoms with Crippen molar-refractivity contribution in [2.45, 2.75) is 38.0 Å². The Morgan fingerprint density at radius 3 is 2.57 bits per heavy atom. The molecule has 14 heavy (non-hydrogen) atoms. The summed E-state index contributed by atoms with van der Waals surface area (Å²) in [5.41, 5.74) is 3.65. The van der Waals surface area contributed by atoms with Crippen molar-refractivity contribution in [3.05, 3.63) is 11.6 Å². The minimum atomic E-state index is -2.93. The van der Waals surface area contributed by atoms with E-state index in [0.717, 1.165) is 12.0 Å². The van der Waals surface area contributed by atoms with Gasteiger partial charge in [-0.15, -0.1) is 0 Å². The summed E-state index contributed by atoms with van der Waals surface area (Å²) in [6, 6.07) is -0.243. The van der Waals surface area contributed by atoms with Crippen LogP contribution in [0.25, 0.3) is 0 Å². The van der Waals surface area contributed by atoms with Crippen molar-refractivity contribution in [1.82, 2.24) is 5.43 Å². The SMILES string of the molecule is CC(C)=CC(NN)C1CCCS1(=O)=O. The first-order chi connectivity index (χ1) is 6.47. The van der Waals surface area contributed by atoms with E-state index >= 15 is 0 Å². The number of sulfone groups is 1. The Bertz CT molecular complexity index is 318. The number of hydrogen-bond acceptors (Lipinski definition) is 4. The van der Waals surface area contributed by atoms with Crippen molar-refractivity contribution in [2.24, 2.45) is 5.84 Å². The van der Waals surface area contributed by atoms with Gasteiger partial charge in [-0.2, -0.15) is 0 Å². The first-order valence-corrected chi connectivity index (χ1v) is 6.51. The highest BCUT2D eigenvalue weighted by Crippen LogP contribution is 2.23. The number of rotatable bonds is 3. The van der Waals surface area contributed by atoms with Gasteiger partial charge in [-0.25, -0.2) is 8.42 Å². The van der Waals surface area contributed by atoms with Crippen LogP contribution in [0.15, 0.2) is 11.6 Å². The Labute approximate surface area is 85.4 Å². The van der Waals surface area contributed by atoms with Crippen molar-refractivity contribution in [3.8, 4) is 0 Å². The summed E-state index contributed by atoms with van der Waals surface area (Å²) in [5, 5.41) is -0.345. The van der Waals surface area contributed by atoms with Gasteiger partial charge in [0.15, 0.2) is 9.84 Å². The molecular weight excluding hydrogens is 200 g/mol. The van der Waals surface area contributed by atoms with E-state index in [1.165, 1.54) is 0 Å². The van der Waals surface area contributed by atoms with Gasteiger partial charge in [0, 0.05) is 0 Å². The number of allylic oxidation sites excluding steroid dienone is 1. The average molecular weight is 218 g/mol. The van der Waals surface area contributed by atoms with Crippen LogP contribution in [0.3, 0.4) is 0 Å². The molecular formula is C9H18N2O2S. The molecule has 1 saturated heterocycles. The van der Waals surface area contributed by atoms with Gasteiger partial charge in [-0.05, 0) is 26.7 Å². The van der Waals surface area contributed by atoms with E-state index in [0.29, 0.717) is 12.2 Å². The Morgan fingerprint density at radius 1 is 1.57 bits per heavy atom. The van der Waals surface area contributed by atoms with Gasteiger partial charge in [0.25, 0.3) is 0 Å². The van der Waals surface area contributed by atoms with Gasteiger partial charge in [0.05, 0.1) is 17.0 Å². The van der Waals surface area contributed by atoms with Gasteiger partial charge < -0.3 is 0 Å². The van der Waals surface area contributed by atoms with Crippen LogP contribution in [0.4, 0.5) is 0 Å². The van der Waals surface area contributed by atoms with Crippen LogP contribution < -0.4 is 11.3 Å². The molecule has 0 aromatic carbocycles. The third-order valence-electron chi connectivity index (χ3n) is 2.48. The third-order valence-corrected chi connectivity index (χ3v) is 4.79. The van der Waals surface area contributed by atoms with E-state index in [4.69, 9.17) is 5.84 Å². The third kappa shape index (κ3) is 2.56. The molecule has 0 spiro atoms. The highest BCUT2D eigenvalue weighted by molar-refractivity contribution is 7.92. The molecule has 2 unspecified atom stereocenters. The summed E-state index contributed by atoms with van der Waals surface area (Å²) in [7, 11) is -2.93. The molecule has 1 rings (SSSR count). The Morgan fingerprint density at radius 2 is 2.21 bits per heavy atom. The number of hydrazine groups is 1. The quantitative estimate of drug-likeness (QED) is 0.407. The zero-order valence-corrected chi connectivity index (χ0v) is 9.47. The molecule has 0 aromatic rings. The van der Waals surface area contributed by atoms with Crippen molar-refractivity contribution in [3.63, 3.8) is 0 Å². The molecule has 1 aliphatic heterocycles. The highest BCUT2D eigenvalue weighted by atomic mass is 32.2. The fraction of sp³-hybridized carbons (Fsp3) is 0.778. The summed E-state index contributed by atoms with van der Waals surface area (Å²) in [6.45, 7) is 3.87. The molecule has 2 atom stereocenters. The second-order valence-electron chi connectivity index (χ2n) is 3.98. The van der Waals surface area contributed by atoms with E-state index in [1.54, 1.807) is 0 Å². The van der Waals surface area contributed by atoms with E-state index in [9.17, 15) is 8.42 Å². The van der Waals surface area contributed by atoms with Crippen molar-refractivity contribution >= 4 is 9.84 Å². The van der Waals surface area contributed by atoms with Crippen LogP contribution in [0.1, 0.15) is 26.7 Å². The molecule has 1 heterocycles. The number of hydrogen-bond donors (Lipinski definition) is 2. The summed E-state index contributed by atoms with van der Waals surface area (Å²) >= 11 is 0. The van der Waals surface area contributed by atoms with Gasteiger partial charge in [-0.1, -0.05) is 11.6 Å². The maximum atomic E-state index is 11.6. The number of nitrogens with two attached hydrogens (primary N) is 1. The second kappa shape index (κ2) is 4.42. The maximum absolute atomic E-state index is 11.6. The zero-order valence-electron chi connectivity index (χ0n) is 8.66. The zero-order chi connectivity index (χ0) is 10.8. The van der Waals surface area contributed by atoms with Gasteiger partial charge in [0.1, 0.15) is 0 Å². The summed E-state index contributed by atoms with van der Waals surface area (Å²) < 4.78 is 23.2. The lowest BCUT2D eigenvalue weighted by molar-refractivity contribution is 0.538. The molecule has 82 valence electrons. The molecule has 1 fully saturated rings. The average Bonchev–Trinajstić information content (AvgIpc) is 2.41. The van der Waals surface area contributed by atoms with Gasteiger partial charge in [-0.3, -0.25) is 11.3 Å². The molecule has 0 bridgehead atoms. The van der Waals surface area contributed by atoms with E-state index in [2.05, 4.69) is 5.43 Å². The molecule has 4 nitrogen and oxygen atoms in total. The molecule has 0 saturated carbocycles. The lowest BCUT2D eigenvalue weighted by Gasteiger charge is -2.18. The lowest BCUT2D eigenvalue weighted by atomic mass is 10.1. The summed E-state index contributed by atoms with van der Waals surface area (Å²) in [4.78, 5) is 0. The predicted octanol–water partition coefficient (Wildman–Crippen LogP) is 0.362. The summed E-state index contributed by atoms with van der Waals surface area (Å²) in [6.07, 6.45) is 3.34. The molecule has 0 amide bonds. The smallest absolute Gasteiger partial charge is 0.155 e. The minimum absolute atomic E-state index is 0.243.